The van der Waals surface area contributed by atoms with Crippen LogP contribution in [0.25, 0.3) is 0 Å². The molecule has 138 valence electrons. The van der Waals surface area contributed by atoms with Gasteiger partial charge in [-0.25, -0.2) is 4.39 Å². The monoisotopic (exact) mass is 477 g/mol. The Hall–Kier alpha value is -1.19. The average molecular weight is 477 g/mol. The molecule has 0 aliphatic carbocycles. The predicted octanol–water partition coefficient (Wildman–Crippen LogP) is 3.99. The molecule has 0 bridgehead atoms. The maximum atomic E-state index is 13.0. The second-order valence-corrected chi connectivity index (χ2v) is 6.28. The quantitative estimate of drug-likeness (QED) is 0.344. The zero-order valence-electron chi connectivity index (χ0n) is 14.5. The lowest BCUT2D eigenvalue weighted by molar-refractivity contribution is 0.111. The van der Waals surface area contributed by atoms with Crippen LogP contribution >= 0.6 is 35.3 Å². The first kappa shape index (κ1) is 21.9. The average Bonchev–Trinajstić information content (AvgIpc) is 3.10. The lowest BCUT2D eigenvalue weighted by atomic mass is 10.1. The number of ether oxygens (including phenoxy) is 1. The van der Waals surface area contributed by atoms with E-state index in [0.717, 1.165) is 31.0 Å². The molecule has 0 fully saturated rings. The third-order valence-electron chi connectivity index (χ3n) is 3.53. The summed E-state index contributed by atoms with van der Waals surface area (Å²) >= 11 is 1.76. The van der Waals surface area contributed by atoms with E-state index in [1.165, 1.54) is 17.0 Å². The first-order valence-corrected chi connectivity index (χ1v) is 8.93. The van der Waals surface area contributed by atoms with Crippen LogP contribution in [0.1, 0.15) is 23.5 Å². The molecule has 0 radical (unpaired) electrons. The second kappa shape index (κ2) is 12.2. The van der Waals surface area contributed by atoms with Crippen molar-refractivity contribution in [2.75, 3.05) is 26.7 Å². The van der Waals surface area contributed by atoms with E-state index in [1.54, 1.807) is 30.6 Å². The van der Waals surface area contributed by atoms with Crippen molar-refractivity contribution in [3.05, 3.63) is 58.0 Å². The first-order valence-electron chi connectivity index (χ1n) is 8.05. The highest BCUT2D eigenvalue weighted by Crippen LogP contribution is 2.17. The molecule has 2 rings (SSSR count). The number of methoxy groups -OCH3 is 1. The second-order valence-electron chi connectivity index (χ2n) is 5.25. The number of benzene rings is 1. The van der Waals surface area contributed by atoms with Gasteiger partial charge in [0.05, 0.1) is 6.54 Å². The van der Waals surface area contributed by atoms with Gasteiger partial charge in [0.1, 0.15) is 11.9 Å². The van der Waals surface area contributed by atoms with E-state index in [2.05, 4.69) is 33.1 Å². The number of halogens is 2. The third-order valence-corrected chi connectivity index (χ3v) is 4.47. The Kier molecular flexibility index (Phi) is 10.7. The van der Waals surface area contributed by atoms with Crippen LogP contribution in [0.3, 0.4) is 0 Å². The molecule has 0 aliphatic heterocycles. The predicted molar refractivity (Wildman–Crippen MR) is 114 cm³/mol. The molecule has 1 unspecified atom stereocenters. The van der Waals surface area contributed by atoms with Gasteiger partial charge in [-0.1, -0.05) is 18.2 Å². The number of thiophene rings is 1. The smallest absolute Gasteiger partial charge is 0.191 e. The molecular formula is C18H25FIN3OS. The Morgan fingerprint density at radius 2 is 2.00 bits per heavy atom. The van der Waals surface area contributed by atoms with Crippen LogP contribution in [-0.2, 0) is 11.2 Å². The highest BCUT2D eigenvalue weighted by molar-refractivity contribution is 14.0. The van der Waals surface area contributed by atoms with Crippen molar-refractivity contribution in [1.82, 2.24) is 10.6 Å². The summed E-state index contributed by atoms with van der Waals surface area (Å²) in [6.45, 7) is 4.11. The number of aliphatic imine (C=N–C) groups is 1. The molecule has 1 aromatic heterocycles. The van der Waals surface area contributed by atoms with Gasteiger partial charge in [0.2, 0.25) is 0 Å². The molecule has 0 saturated heterocycles. The van der Waals surface area contributed by atoms with E-state index in [0.29, 0.717) is 6.54 Å². The van der Waals surface area contributed by atoms with Crippen LogP contribution in [0.2, 0.25) is 0 Å². The Morgan fingerprint density at radius 1 is 1.24 bits per heavy atom. The fourth-order valence-corrected chi connectivity index (χ4v) is 2.98. The van der Waals surface area contributed by atoms with Gasteiger partial charge in [0.25, 0.3) is 0 Å². The van der Waals surface area contributed by atoms with Crippen molar-refractivity contribution < 1.29 is 9.13 Å². The van der Waals surface area contributed by atoms with Gasteiger partial charge in [-0.05, 0) is 42.5 Å². The Labute approximate surface area is 169 Å². The van der Waals surface area contributed by atoms with E-state index >= 15 is 0 Å². The van der Waals surface area contributed by atoms with Gasteiger partial charge < -0.3 is 15.4 Å². The minimum atomic E-state index is -0.249. The lowest BCUT2D eigenvalue weighted by Crippen LogP contribution is -2.38. The molecule has 0 saturated carbocycles. The molecule has 4 nitrogen and oxygen atoms in total. The molecule has 1 heterocycles. The fraction of sp³-hybridized carbons (Fsp3) is 0.389. The molecule has 2 aromatic rings. The number of nitrogens with one attached hydrogen (secondary N) is 2. The first-order chi connectivity index (χ1) is 11.7. The summed E-state index contributed by atoms with van der Waals surface area (Å²) in [5.74, 6) is 0.513. The minimum Gasteiger partial charge on any atom is -0.375 e. The Balaban J connectivity index is 0.00000312. The number of guanidine groups is 1. The van der Waals surface area contributed by atoms with Crippen LogP contribution in [0, 0.1) is 5.82 Å². The highest BCUT2D eigenvalue weighted by atomic mass is 127. The van der Waals surface area contributed by atoms with Crippen molar-refractivity contribution in [2.24, 2.45) is 4.99 Å². The Bertz CT molecular complexity index is 620. The van der Waals surface area contributed by atoms with E-state index in [-0.39, 0.29) is 35.9 Å². The molecule has 0 amide bonds. The molecular weight excluding hydrogens is 452 g/mol. The number of nitrogens with zero attached hydrogens (tertiary/aromatic N) is 1. The van der Waals surface area contributed by atoms with Crippen LogP contribution < -0.4 is 10.6 Å². The molecule has 7 heteroatoms. The fourth-order valence-electron chi connectivity index (χ4n) is 2.27. The van der Waals surface area contributed by atoms with Gasteiger partial charge in [-0.2, -0.15) is 0 Å². The minimum absolute atomic E-state index is 0. The lowest BCUT2D eigenvalue weighted by Gasteiger charge is -2.16. The Morgan fingerprint density at radius 3 is 2.60 bits per heavy atom. The highest BCUT2D eigenvalue weighted by Gasteiger charge is 2.10. The van der Waals surface area contributed by atoms with Gasteiger partial charge >= 0.3 is 0 Å². The number of hydrogen-bond donors (Lipinski definition) is 2. The standard InChI is InChI=1S/C18H24FN3OS.HI/c1-3-20-18(21-11-10-16-5-4-12-24-16)22-13-17(23-2)14-6-8-15(19)9-7-14;/h4-9,12,17H,3,10-11,13H2,1-2H3,(H2,20,21,22);1H. The van der Waals surface area contributed by atoms with Gasteiger partial charge in [-0.15, -0.1) is 35.3 Å². The van der Waals surface area contributed by atoms with E-state index in [1.807, 2.05) is 6.92 Å². The molecule has 0 aliphatic rings. The molecule has 2 N–H and O–H groups in total. The normalized spacial score (nSPS) is 12.4. The van der Waals surface area contributed by atoms with E-state index < -0.39 is 0 Å². The van der Waals surface area contributed by atoms with Crippen molar-refractivity contribution in [2.45, 2.75) is 19.4 Å². The summed E-state index contributed by atoms with van der Waals surface area (Å²) in [6.07, 6.45) is 0.770. The van der Waals surface area contributed by atoms with Crippen molar-refractivity contribution in [3.63, 3.8) is 0 Å². The van der Waals surface area contributed by atoms with Gasteiger partial charge in [0.15, 0.2) is 5.96 Å². The largest absolute Gasteiger partial charge is 0.375 e. The van der Waals surface area contributed by atoms with E-state index in [4.69, 9.17) is 4.74 Å². The van der Waals surface area contributed by atoms with Crippen LogP contribution in [0.15, 0.2) is 46.8 Å². The summed E-state index contributed by atoms with van der Waals surface area (Å²) in [5, 5.41) is 8.64. The summed E-state index contributed by atoms with van der Waals surface area (Å²) < 4.78 is 18.5. The summed E-state index contributed by atoms with van der Waals surface area (Å²) in [5.41, 5.74) is 0.914. The SMILES string of the molecule is CCNC(=NCC(OC)c1ccc(F)cc1)NCCc1cccs1.I. The summed E-state index contributed by atoms with van der Waals surface area (Å²) in [6, 6.07) is 10.5. The van der Waals surface area contributed by atoms with E-state index in [9.17, 15) is 4.39 Å². The van der Waals surface area contributed by atoms with Gasteiger partial charge in [-0.3, -0.25) is 4.99 Å². The number of rotatable bonds is 8. The van der Waals surface area contributed by atoms with Crippen LogP contribution in [0.5, 0.6) is 0 Å². The zero-order valence-corrected chi connectivity index (χ0v) is 17.6. The molecule has 1 atom stereocenters. The maximum absolute atomic E-state index is 13.0. The summed E-state index contributed by atoms with van der Waals surface area (Å²) in [4.78, 5) is 5.93. The molecule has 0 spiro atoms. The number of hydrogen-bond acceptors (Lipinski definition) is 3. The van der Waals surface area contributed by atoms with Crippen LogP contribution in [-0.4, -0.2) is 32.7 Å². The van der Waals surface area contributed by atoms with Crippen molar-refractivity contribution in [3.8, 4) is 0 Å². The third kappa shape index (κ3) is 7.70. The van der Waals surface area contributed by atoms with Crippen molar-refractivity contribution in [1.29, 1.82) is 0 Å². The molecule has 25 heavy (non-hydrogen) atoms. The summed E-state index contributed by atoms with van der Waals surface area (Å²) in [7, 11) is 1.64. The maximum Gasteiger partial charge on any atom is 0.191 e. The topological polar surface area (TPSA) is 45.7 Å². The molecule has 1 aromatic carbocycles. The van der Waals surface area contributed by atoms with Gasteiger partial charge in [0, 0.05) is 25.1 Å². The zero-order chi connectivity index (χ0) is 17.2. The van der Waals surface area contributed by atoms with Crippen LogP contribution in [0.4, 0.5) is 4.39 Å². The van der Waals surface area contributed by atoms with Crippen molar-refractivity contribution >= 4 is 41.3 Å².